The Bertz CT molecular complexity index is 1490. The van der Waals surface area contributed by atoms with Gasteiger partial charge in [-0.15, -0.1) is 0 Å². The van der Waals surface area contributed by atoms with Gasteiger partial charge >= 0.3 is 11.7 Å². The number of hydrogen-bond acceptors (Lipinski definition) is 8. The fraction of sp³-hybridized carbons (Fsp3) is 0.312. The zero-order chi connectivity index (χ0) is 29.9. The number of rotatable bonds is 10. The molecule has 0 bridgehead atoms. The number of aliphatic hydroxyl groups excluding tert-OH is 2. The van der Waals surface area contributed by atoms with Gasteiger partial charge in [0.25, 0.3) is 5.56 Å². The van der Waals surface area contributed by atoms with Crippen molar-refractivity contribution >= 4 is 0 Å². The molecule has 1 aromatic heterocycles. The van der Waals surface area contributed by atoms with Gasteiger partial charge in [0.2, 0.25) is 0 Å². The Kier molecular flexibility index (Phi) is 8.55. The SMILES string of the molecule is COC(OC)(OC(c1ccccc1)(c1ccccc1)c1ccccc1)C(O)[C@H]1O[C@@H](n2cc(C)c(=O)[nH]c2=O)C[C@@H]1O. The Balaban J connectivity index is 1.61. The van der Waals surface area contributed by atoms with E-state index >= 15 is 0 Å². The zero-order valence-electron chi connectivity index (χ0n) is 23.5. The number of benzene rings is 3. The topological polar surface area (TPSA) is 132 Å². The molecule has 2 heterocycles. The van der Waals surface area contributed by atoms with Gasteiger partial charge in [-0.2, -0.15) is 0 Å². The molecule has 3 N–H and O–H groups in total. The van der Waals surface area contributed by atoms with Gasteiger partial charge in [-0.05, 0) is 23.6 Å². The van der Waals surface area contributed by atoms with Crippen molar-refractivity contribution < 1.29 is 29.2 Å². The highest BCUT2D eigenvalue weighted by Crippen LogP contribution is 2.46. The van der Waals surface area contributed by atoms with Crippen LogP contribution >= 0.6 is 0 Å². The maximum atomic E-state index is 12.5. The first-order valence-corrected chi connectivity index (χ1v) is 13.6. The third-order valence-electron chi connectivity index (χ3n) is 7.67. The molecular formula is C32H34N2O8. The molecule has 3 aromatic carbocycles. The van der Waals surface area contributed by atoms with Gasteiger partial charge in [-0.3, -0.25) is 14.3 Å². The number of ether oxygens (including phenoxy) is 4. The van der Waals surface area contributed by atoms with Crippen LogP contribution in [0.5, 0.6) is 0 Å². The fourth-order valence-corrected chi connectivity index (χ4v) is 5.51. The van der Waals surface area contributed by atoms with E-state index in [4.69, 9.17) is 18.9 Å². The van der Waals surface area contributed by atoms with Crippen molar-refractivity contribution in [2.45, 2.75) is 49.5 Å². The Labute approximate surface area is 242 Å². The number of hydrogen-bond donors (Lipinski definition) is 3. The van der Waals surface area contributed by atoms with Crippen LogP contribution in [0.2, 0.25) is 0 Å². The summed E-state index contributed by atoms with van der Waals surface area (Å²) in [4.78, 5) is 26.7. The lowest BCUT2D eigenvalue weighted by Gasteiger charge is -2.46. The van der Waals surface area contributed by atoms with Crippen LogP contribution < -0.4 is 11.2 Å². The summed E-state index contributed by atoms with van der Waals surface area (Å²) in [7, 11) is 2.65. The Morgan fingerprint density at radius 3 is 1.81 bits per heavy atom. The summed E-state index contributed by atoms with van der Waals surface area (Å²) in [6.07, 6.45) is -3.91. The molecule has 0 amide bonds. The molecule has 1 fully saturated rings. The third-order valence-corrected chi connectivity index (χ3v) is 7.67. The number of aromatic nitrogens is 2. The molecule has 10 heteroatoms. The first-order chi connectivity index (χ1) is 20.3. The van der Waals surface area contributed by atoms with Gasteiger partial charge in [0.15, 0.2) is 6.10 Å². The van der Waals surface area contributed by atoms with E-state index in [1.54, 1.807) is 6.92 Å². The minimum Gasteiger partial charge on any atom is -0.390 e. The van der Waals surface area contributed by atoms with E-state index in [-0.39, 0.29) is 6.42 Å². The number of aliphatic hydroxyl groups is 2. The standard InChI is InChI=1S/C32H34N2O8/c1-21-20-34(30(38)33-29(21)37)26-19-25(35)27(41-26)28(36)32(39-2,40-3)42-31(22-13-7-4-8-14-22,23-15-9-5-10-16-23)24-17-11-6-12-18-24/h4-18,20,25-28,35-36H,19H2,1-3H3,(H,33,37,38)/t25-,26+,27-,28?/m0/s1. The van der Waals surface area contributed by atoms with E-state index in [2.05, 4.69) is 4.98 Å². The zero-order valence-corrected chi connectivity index (χ0v) is 23.5. The average Bonchev–Trinajstić information content (AvgIpc) is 3.42. The molecular weight excluding hydrogens is 540 g/mol. The van der Waals surface area contributed by atoms with Crippen molar-refractivity contribution in [2.24, 2.45) is 0 Å². The average molecular weight is 575 g/mol. The lowest BCUT2D eigenvalue weighted by molar-refractivity contribution is -0.429. The predicted octanol–water partition coefficient (Wildman–Crippen LogP) is 2.81. The maximum absolute atomic E-state index is 12.5. The summed E-state index contributed by atoms with van der Waals surface area (Å²) in [5, 5.41) is 22.9. The largest absolute Gasteiger partial charge is 0.390 e. The summed E-state index contributed by atoms with van der Waals surface area (Å²) < 4.78 is 25.8. The molecule has 0 saturated carbocycles. The number of aromatic amines is 1. The Hall–Kier alpha value is -3.90. The lowest BCUT2D eigenvalue weighted by atomic mass is 9.80. The monoisotopic (exact) mass is 574 g/mol. The van der Waals surface area contributed by atoms with E-state index in [0.29, 0.717) is 5.56 Å². The van der Waals surface area contributed by atoms with Crippen molar-refractivity contribution in [3.8, 4) is 0 Å². The molecule has 42 heavy (non-hydrogen) atoms. The second-order valence-electron chi connectivity index (χ2n) is 10.2. The second-order valence-corrected chi connectivity index (χ2v) is 10.2. The summed E-state index contributed by atoms with van der Waals surface area (Å²) in [5.41, 5.74) is -0.0853. The Morgan fingerprint density at radius 2 is 1.36 bits per heavy atom. The van der Waals surface area contributed by atoms with Crippen LogP contribution in [0.4, 0.5) is 0 Å². The molecule has 10 nitrogen and oxygen atoms in total. The summed E-state index contributed by atoms with van der Waals surface area (Å²) in [6, 6.07) is 28.4. The summed E-state index contributed by atoms with van der Waals surface area (Å²) in [6.45, 7) is 1.55. The van der Waals surface area contributed by atoms with Crippen LogP contribution in [-0.2, 0) is 24.5 Å². The lowest BCUT2D eigenvalue weighted by Crippen LogP contribution is -2.59. The highest BCUT2D eigenvalue weighted by molar-refractivity contribution is 5.47. The van der Waals surface area contributed by atoms with E-state index < -0.39 is 47.4 Å². The Morgan fingerprint density at radius 1 is 0.881 bits per heavy atom. The molecule has 1 aliphatic rings. The van der Waals surface area contributed by atoms with Crippen molar-refractivity contribution in [3.05, 3.63) is 140 Å². The maximum Gasteiger partial charge on any atom is 0.330 e. The molecule has 0 spiro atoms. The van der Waals surface area contributed by atoms with Crippen LogP contribution in [0, 0.1) is 6.92 Å². The van der Waals surface area contributed by atoms with Gasteiger partial charge in [0, 0.05) is 32.4 Å². The molecule has 0 radical (unpaired) electrons. The molecule has 1 saturated heterocycles. The first-order valence-electron chi connectivity index (χ1n) is 13.6. The second kappa shape index (κ2) is 12.1. The van der Waals surface area contributed by atoms with Crippen LogP contribution in [0.1, 0.15) is 34.9 Å². The van der Waals surface area contributed by atoms with E-state index in [9.17, 15) is 19.8 Å². The number of nitrogens with zero attached hydrogens (tertiary/aromatic N) is 1. The molecule has 220 valence electrons. The number of methoxy groups -OCH3 is 2. The summed E-state index contributed by atoms with van der Waals surface area (Å²) in [5.74, 6) is -2.17. The number of aryl methyl sites for hydroxylation is 1. The van der Waals surface area contributed by atoms with Crippen LogP contribution in [0.15, 0.2) is 107 Å². The van der Waals surface area contributed by atoms with Gasteiger partial charge < -0.3 is 29.2 Å². The van der Waals surface area contributed by atoms with E-state index in [1.165, 1.54) is 25.0 Å². The van der Waals surface area contributed by atoms with Crippen molar-refractivity contribution in [1.82, 2.24) is 9.55 Å². The molecule has 1 aliphatic heterocycles. The van der Waals surface area contributed by atoms with Gasteiger partial charge in [0.05, 0.1) is 6.10 Å². The van der Waals surface area contributed by atoms with E-state index in [1.807, 2.05) is 91.0 Å². The van der Waals surface area contributed by atoms with Gasteiger partial charge in [-0.25, -0.2) is 4.79 Å². The van der Waals surface area contributed by atoms with Crippen molar-refractivity contribution in [2.75, 3.05) is 14.2 Å². The van der Waals surface area contributed by atoms with Crippen molar-refractivity contribution in [1.29, 1.82) is 0 Å². The molecule has 1 unspecified atom stereocenters. The molecule has 4 aromatic rings. The fourth-order valence-electron chi connectivity index (χ4n) is 5.51. The normalized spacial score (nSPS) is 20.0. The molecule has 0 aliphatic carbocycles. The minimum atomic E-state index is -2.17. The van der Waals surface area contributed by atoms with E-state index in [0.717, 1.165) is 16.7 Å². The van der Waals surface area contributed by atoms with Gasteiger partial charge in [-0.1, -0.05) is 91.0 Å². The predicted molar refractivity (Wildman–Crippen MR) is 154 cm³/mol. The van der Waals surface area contributed by atoms with Gasteiger partial charge in [0.1, 0.15) is 17.9 Å². The number of nitrogens with one attached hydrogen (secondary N) is 1. The van der Waals surface area contributed by atoms with Crippen LogP contribution in [0.25, 0.3) is 0 Å². The smallest absolute Gasteiger partial charge is 0.330 e. The quantitative estimate of drug-likeness (QED) is 0.195. The highest BCUT2D eigenvalue weighted by atomic mass is 16.9. The minimum absolute atomic E-state index is 0.0438. The first kappa shape index (κ1) is 29.6. The third kappa shape index (κ3) is 5.24. The molecule has 5 rings (SSSR count). The number of H-pyrrole nitrogens is 1. The van der Waals surface area contributed by atoms with Crippen LogP contribution in [0.3, 0.4) is 0 Å². The summed E-state index contributed by atoms with van der Waals surface area (Å²) >= 11 is 0. The van der Waals surface area contributed by atoms with Crippen molar-refractivity contribution in [3.63, 3.8) is 0 Å². The van der Waals surface area contributed by atoms with Crippen LogP contribution in [-0.4, -0.2) is 58.3 Å². The molecule has 4 atom stereocenters. The highest BCUT2D eigenvalue weighted by Gasteiger charge is 2.56.